The summed E-state index contributed by atoms with van der Waals surface area (Å²) in [6.07, 6.45) is -4.39. The smallest absolute Gasteiger partial charge is 0.416 e. The van der Waals surface area contributed by atoms with E-state index < -0.39 is 35.2 Å². The van der Waals surface area contributed by atoms with E-state index in [1.54, 1.807) is 6.92 Å². The molecule has 0 aliphatic carbocycles. The maximum atomic E-state index is 14.1. The third-order valence-electron chi connectivity index (χ3n) is 4.98. The Balaban J connectivity index is 1.68. The molecule has 0 fully saturated rings. The quantitative estimate of drug-likeness (QED) is 0.156. The minimum Gasteiger partial charge on any atom is -0.487 e. The molecule has 0 aromatic heterocycles. The average molecular weight is 527 g/mol. The number of thioether (sulfide) groups is 1. The first-order chi connectivity index (χ1) is 17.0. The zero-order valence-corrected chi connectivity index (χ0v) is 20.2. The minimum atomic E-state index is -4.65. The van der Waals surface area contributed by atoms with Crippen molar-refractivity contribution in [1.82, 2.24) is 0 Å². The second-order valence-corrected chi connectivity index (χ2v) is 8.97. The molecular weight excluding hydrogens is 503 g/mol. The van der Waals surface area contributed by atoms with Crippen LogP contribution in [0.2, 0.25) is 0 Å². The molecule has 0 amide bonds. The number of halogens is 5. The van der Waals surface area contributed by atoms with Crippen LogP contribution in [0.1, 0.15) is 24.5 Å². The Morgan fingerprint density at radius 3 is 2.42 bits per heavy atom. The highest BCUT2D eigenvalue weighted by Gasteiger charge is 2.32. The number of alkyl halides is 3. The number of hydrogen-bond acceptors (Lipinski definition) is 5. The maximum Gasteiger partial charge on any atom is 0.416 e. The summed E-state index contributed by atoms with van der Waals surface area (Å²) in [6, 6.07) is 12.6. The number of carbonyl (C=O) groups is 1. The van der Waals surface area contributed by atoms with Gasteiger partial charge in [-0.15, -0.1) is 11.8 Å². The van der Waals surface area contributed by atoms with Gasteiger partial charge in [0.1, 0.15) is 5.82 Å². The van der Waals surface area contributed by atoms with Gasteiger partial charge in [-0.05, 0) is 61.4 Å². The SMILES string of the molecule is COC(=O)Cc1cccc(SCCC(C)Oc2ccc(C(F)(F)F)cc2Oc2ccc(F)cc2F)c1. The van der Waals surface area contributed by atoms with Gasteiger partial charge in [-0.25, -0.2) is 8.78 Å². The van der Waals surface area contributed by atoms with Crippen LogP contribution in [0.15, 0.2) is 65.6 Å². The summed E-state index contributed by atoms with van der Waals surface area (Å²) >= 11 is 1.53. The summed E-state index contributed by atoms with van der Waals surface area (Å²) in [6.45, 7) is 1.74. The van der Waals surface area contributed by atoms with Crippen molar-refractivity contribution in [3.8, 4) is 17.2 Å². The van der Waals surface area contributed by atoms with Crippen molar-refractivity contribution >= 4 is 17.7 Å². The Morgan fingerprint density at radius 1 is 0.972 bits per heavy atom. The van der Waals surface area contributed by atoms with Crippen molar-refractivity contribution in [3.05, 3.63) is 83.4 Å². The van der Waals surface area contributed by atoms with Crippen molar-refractivity contribution in [3.63, 3.8) is 0 Å². The van der Waals surface area contributed by atoms with E-state index in [9.17, 15) is 26.7 Å². The molecule has 0 N–H and O–H groups in total. The zero-order valence-electron chi connectivity index (χ0n) is 19.4. The second kappa shape index (κ2) is 12.1. The van der Waals surface area contributed by atoms with E-state index in [0.29, 0.717) is 24.3 Å². The molecule has 0 aliphatic heterocycles. The Morgan fingerprint density at radius 2 is 1.72 bits per heavy atom. The summed E-state index contributed by atoms with van der Waals surface area (Å²) in [5.74, 6) is -2.41. The topological polar surface area (TPSA) is 44.8 Å². The third-order valence-corrected chi connectivity index (χ3v) is 6.01. The minimum absolute atomic E-state index is 0.00991. The lowest BCUT2D eigenvalue weighted by molar-refractivity contribution is -0.140. The van der Waals surface area contributed by atoms with Gasteiger partial charge in [0.2, 0.25) is 0 Å². The summed E-state index contributed by atoms with van der Waals surface area (Å²) in [5, 5.41) is 0. The van der Waals surface area contributed by atoms with Crippen molar-refractivity contribution in [2.75, 3.05) is 12.9 Å². The van der Waals surface area contributed by atoms with Gasteiger partial charge in [0.15, 0.2) is 23.1 Å². The molecule has 1 atom stereocenters. The fourth-order valence-corrected chi connectivity index (χ4v) is 4.24. The van der Waals surface area contributed by atoms with Gasteiger partial charge in [-0.2, -0.15) is 13.2 Å². The molecule has 0 saturated carbocycles. The molecule has 3 aromatic rings. The van der Waals surface area contributed by atoms with Crippen LogP contribution < -0.4 is 9.47 Å². The highest BCUT2D eigenvalue weighted by Crippen LogP contribution is 2.39. The fourth-order valence-electron chi connectivity index (χ4n) is 3.14. The van der Waals surface area contributed by atoms with Crippen molar-refractivity contribution < 1.29 is 41.0 Å². The molecule has 0 heterocycles. The van der Waals surface area contributed by atoms with Crippen LogP contribution in [-0.2, 0) is 22.1 Å². The normalized spacial score (nSPS) is 12.2. The number of benzene rings is 3. The number of rotatable bonds is 10. The number of ether oxygens (including phenoxy) is 3. The van der Waals surface area contributed by atoms with Crippen LogP contribution >= 0.6 is 11.8 Å². The van der Waals surface area contributed by atoms with Gasteiger partial charge in [0, 0.05) is 16.7 Å². The largest absolute Gasteiger partial charge is 0.487 e. The van der Waals surface area contributed by atoms with Crippen LogP contribution in [0.4, 0.5) is 22.0 Å². The Bertz CT molecular complexity index is 1200. The van der Waals surface area contributed by atoms with E-state index in [-0.39, 0.29) is 23.9 Å². The third kappa shape index (κ3) is 7.87. The van der Waals surface area contributed by atoms with Gasteiger partial charge in [0.25, 0.3) is 0 Å². The van der Waals surface area contributed by atoms with Crippen LogP contribution in [0.25, 0.3) is 0 Å². The van der Waals surface area contributed by atoms with Gasteiger partial charge in [0.05, 0.1) is 25.2 Å². The van der Waals surface area contributed by atoms with Gasteiger partial charge < -0.3 is 14.2 Å². The van der Waals surface area contributed by atoms with Crippen molar-refractivity contribution in [1.29, 1.82) is 0 Å². The molecule has 36 heavy (non-hydrogen) atoms. The van der Waals surface area contributed by atoms with Crippen molar-refractivity contribution in [2.24, 2.45) is 0 Å². The molecular formula is C26H23F5O4S. The summed E-state index contributed by atoms with van der Waals surface area (Å²) in [7, 11) is 1.33. The second-order valence-electron chi connectivity index (χ2n) is 7.80. The molecule has 0 spiro atoms. The first-order valence-electron chi connectivity index (χ1n) is 10.8. The van der Waals surface area contributed by atoms with Crippen molar-refractivity contribution in [2.45, 2.75) is 36.9 Å². The van der Waals surface area contributed by atoms with E-state index in [1.165, 1.54) is 18.9 Å². The molecule has 0 radical (unpaired) electrons. The Kier molecular flexibility index (Phi) is 9.19. The molecule has 10 heteroatoms. The Labute approximate surface area is 209 Å². The average Bonchev–Trinajstić information content (AvgIpc) is 2.81. The van der Waals surface area contributed by atoms with Crippen LogP contribution in [-0.4, -0.2) is 24.9 Å². The molecule has 3 rings (SSSR count). The lowest BCUT2D eigenvalue weighted by Gasteiger charge is -2.19. The molecule has 192 valence electrons. The van der Waals surface area contributed by atoms with E-state index in [1.807, 2.05) is 24.3 Å². The lowest BCUT2D eigenvalue weighted by atomic mass is 10.1. The molecule has 0 saturated heterocycles. The van der Waals surface area contributed by atoms with E-state index in [0.717, 1.165) is 34.7 Å². The highest BCUT2D eigenvalue weighted by atomic mass is 32.2. The van der Waals surface area contributed by atoms with Crippen LogP contribution in [0, 0.1) is 11.6 Å². The number of methoxy groups -OCH3 is 1. The zero-order chi connectivity index (χ0) is 26.3. The van der Waals surface area contributed by atoms with E-state index in [4.69, 9.17) is 9.47 Å². The number of hydrogen-bond donors (Lipinski definition) is 0. The maximum absolute atomic E-state index is 14.1. The van der Waals surface area contributed by atoms with E-state index >= 15 is 0 Å². The van der Waals surface area contributed by atoms with Gasteiger partial charge in [-0.1, -0.05) is 12.1 Å². The van der Waals surface area contributed by atoms with Gasteiger partial charge in [-0.3, -0.25) is 4.79 Å². The number of esters is 1. The first-order valence-corrected chi connectivity index (χ1v) is 11.8. The monoisotopic (exact) mass is 526 g/mol. The lowest BCUT2D eigenvalue weighted by Crippen LogP contribution is -2.14. The Hall–Kier alpha value is -3.27. The molecule has 0 aliphatic rings. The predicted molar refractivity (Wildman–Crippen MR) is 125 cm³/mol. The molecule has 3 aromatic carbocycles. The summed E-state index contributed by atoms with van der Waals surface area (Å²) in [5.41, 5.74) is -0.182. The molecule has 1 unspecified atom stereocenters. The van der Waals surface area contributed by atoms with Crippen LogP contribution in [0.5, 0.6) is 17.2 Å². The molecule has 0 bridgehead atoms. The first kappa shape index (κ1) is 27.3. The fraction of sp³-hybridized carbons (Fsp3) is 0.269. The summed E-state index contributed by atoms with van der Waals surface area (Å²) < 4.78 is 82.8. The predicted octanol–water partition coefficient (Wildman–Crippen LogP) is 7.44. The highest BCUT2D eigenvalue weighted by molar-refractivity contribution is 7.99. The number of carbonyl (C=O) groups excluding carboxylic acids is 1. The van der Waals surface area contributed by atoms with Gasteiger partial charge >= 0.3 is 12.1 Å². The molecule has 4 nitrogen and oxygen atoms in total. The summed E-state index contributed by atoms with van der Waals surface area (Å²) in [4.78, 5) is 12.4. The van der Waals surface area contributed by atoms with Crippen LogP contribution in [0.3, 0.4) is 0 Å². The standard InChI is InChI=1S/C26H23F5O4S/c1-16(10-11-36-20-5-3-4-17(12-20)13-25(32)33-2)34-23-8-6-18(26(29,30)31)14-24(23)35-22-9-7-19(27)15-21(22)28/h3-9,12,14-16H,10-11,13H2,1-2H3. The van der Waals surface area contributed by atoms with E-state index in [2.05, 4.69) is 4.74 Å².